The number of nitrogens with zero attached hydrogens (tertiary/aromatic N) is 2. The largest absolute Gasteiger partial charge is 0.493 e. The van der Waals surface area contributed by atoms with Crippen molar-refractivity contribution in [1.29, 1.82) is 0 Å². The first kappa shape index (κ1) is 13.6. The van der Waals surface area contributed by atoms with Crippen molar-refractivity contribution >= 4 is 0 Å². The number of aryl methyl sites for hydroxylation is 1. The van der Waals surface area contributed by atoms with Crippen LogP contribution in [0.3, 0.4) is 0 Å². The maximum atomic E-state index is 5.38. The van der Waals surface area contributed by atoms with Gasteiger partial charge in [-0.2, -0.15) is 5.10 Å². The molecule has 0 aliphatic carbocycles. The van der Waals surface area contributed by atoms with Crippen LogP contribution in [0.5, 0.6) is 5.75 Å². The molecule has 0 bridgehead atoms. The molecule has 1 unspecified atom stereocenters. The third-order valence-corrected chi connectivity index (χ3v) is 3.40. The number of methoxy groups -OCH3 is 1. The maximum absolute atomic E-state index is 5.38. The summed E-state index contributed by atoms with van der Waals surface area (Å²) in [5, 5.41) is 7.53. The van der Waals surface area contributed by atoms with Crippen LogP contribution < -0.4 is 10.1 Å². The van der Waals surface area contributed by atoms with Gasteiger partial charge in [0.15, 0.2) is 5.75 Å². The predicted molar refractivity (Wildman–Crippen MR) is 76.6 cm³/mol. The quantitative estimate of drug-likeness (QED) is 0.862. The van der Waals surface area contributed by atoms with Gasteiger partial charge in [-0.1, -0.05) is 30.3 Å². The molecule has 0 spiro atoms. The van der Waals surface area contributed by atoms with Crippen molar-refractivity contribution in [3.63, 3.8) is 0 Å². The Morgan fingerprint density at radius 2 is 2.05 bits per heavy atom. The fraction of sp³-hybridized carbons (Fsp3) is 0.400. The third-order valence-electron chi connectivity index (χ3n) is 3.40. The van der Waals surface area contributed by atoms with Crippen LogP contribution >= 0.6 is 0 Å². The summed E-state index contributed by atoms with van der Waals surface area (Å²) in [4.78, 5) is 0. The number of nitrogens with one attached hydrogen (secondary N) is 1. The van der Waals surface area contributed by atoms with E-state index in [2.05, 4.69) is 34.7 Å². The van der Waals surface area contributed by atoms with Gasteiger partial charge in [0.25, 0.3) is 0 Å². The summed E-state index contributed by atoms with van der Waals surface area (Å²) in [6.45, 7) is 0.929. The highest BCUT2D eigenvalue weighted by molar-refractivity contribution is 5.29. The van der Waals surface area contributed by atoms with E-state index in [4.69, 9.17) is 4.74 Å². The summed E-state index contributed by atoms with van der Waals surface area (Å²) in [5.74, 6) is 1.27. The van der Waals surface area contributed by atoms with Crippen molar-refractivity contribution in [2.75, 3.05) is 20.7 Å². The molecule has 0 aliphatic rings. The summed E-state index contributed by atoms with van der Waals surface area (Å²) >= 11 is 0. The van der Waals surface area contributed by atoms with Crippen LogP contribution in [0.2, 0.25) is 0 Å². The second-order valence-electron chi connectivity index (χ2n) is 4.65. The lowest BCUT2D eigenvalue weighted by Gasteiger charge is -2.18. The molecule has 2 aromatic rings. The zero-order valence-corrected chi connectivity index (χ0v) is 11.8. The fourth-order valence-electron chi connectivity index (χ4n) is 2.36. The van der Waals surface area contributed by atoms with Crippen molar-refractivity contribution in [3.05, 3.63) is 47.8 Å². The maximum Gasteiger partial charge on any atom is 0.159 e. The van der Waals surface area contributed by atoms with Gasteiger partial charge < -0.3 is 10.1 Å². The Hall–Kier alpha value is -1.81. The van der Waals surface area contributed by atoms with Crippen LogP contribution in [0.25, 0.3) is 0 Å². The Labute approximate surface area is 114 Å². The first-order chi connectivity index (χ1) is 9.26. The van der Waals surface area contributed by atoms with Crippen molar-refractivity contribution in [2.24, 2.45) is 7.05 Å². The van der Waals surface area contributed by atoms with Crippen molar-refractivity contribution in [2.45, 2.75) is 12.3 Å². The Balaban J connectivity index is 2.24. The summed E-state index contributed by atoms with van der Waals surface area (Å²) in [6.07, 6.45) is 2.68. The molecular formula is C15H21N3O. The zero-order chi connectivity index (χ0) is 13.7. The topological polar surface area (TPSA) is 39.1 Å². The molecular weight excluding hydrogens is 238 g/mol. The number of likely N-dealkylation sites (N-methyl/N-ethyl adjacent to an activating group) is 1. The molecule has 19 heavy (non-hydrogen) atoms. The van der Waals surface area contributed by atoms with E-state index < -0.39 is 0 Å². The summed E-state index contributed by atoms with van der Waals surface area (Å²) in [5.41, 5.74) is 2.46. The highest BCUT2D eigenvalue weighted by Crippen LogP contribution is 2.25. The number of rotatable bonds is 6. The van der Waals surface area contributed by atoms with Gasteiger partial charge in [0.1, 0.15) is 0 Å². The number of benzene rings is 1. The molecule has 0 aliphatic heterocycles. The third kappa shape index (κ3) is 3.15. The van der Waals surface area contributed by atoms with Gasteiger partial charge in [-0.05, 0) is 12.6 Å². The minimum atomic E-state index is 0.412. The van der Waals surface area contributed by atoms with Crippen LogP contribution in [-0.2, 0) is 13.5 Å². The van der Waals surface area contributed by atoms with Crippen LogP contribution in [0.1, 0.15) is 17.2 Å². The highest BCUT2D eigenvalue weighted by Gasteiger charge is 2.17. The van der Waals surface area contributed by atoms with Crippen molar-refractivity contribution in [1.82, 2.24) is 15.1 Å². The van der Waals surface area contributed by atoms with Gasteiger partial charge in [0.05, 0.1) is 19.0 Å². The Morgan fingerprint density at radius 3 is 2.68 bits per heavy atom. The van der Waals surface area contributed by atoms with Gasteiger partial charge >= 0.3 is 0 Å². The van der Waals surface area contributed by atoms with Crippen LogP contribution in [0.4, 0.5) is 0 Å². The molecule has 4 nitrogen and oxygen atoms in total. The van der Waals surface area contributed by atoms with E-state index in [-0.39, 0.29) is 0 Å². The van der Waals surface area contributed by atoms with Gasteiger partial charge in [-0.25, -0.2) is 0 Å². The summed E-state index contributed by atoms with van der Waals surface area (Å²) < 4.78 is 7.27. The van der Waals surface area contributed by atoms with E-state index in [1.54, 1.807) is 13.3 Å². The molecule has 1 atom stereocenters. The molecule has 102 valence electrons. The molecule has 0 saturated carbocycles. The monoisotopic (exact) mass is 259 g/mol. The van der Waals surface area contributed by atoms with E-state index in [0.717, 1.165) is 24.4 Å². The Morgan fingerprint density at radius 1 is 1.32 bits per heavy atom. The van der Waals surface area contributed by atoms with Crippen molar-refractivity contribution in [3.8, 4) is 5.75 Å². The van der Waals surface area contributed by atoms with E-state index in [9.17, 15) is 0 Å². The molecule has 4 heteroatoms. The molecule has 1 aromatic heterocycles. The van der Waals surface area contributed by atoms with E-state index >= 15 is 0 Å². The summed E-state index contributed by atoms with van der Waals surface area (Å²) in [7, 11) is 5.63. The lowest BCUT2D eigenvalue weighted by molar-refractivity contribution is 0.405. The zero-order valence-electron chi connectivity index (χ0n) is 11.8. The molecule has 2 rings (SSSR count). The number of hydrogen-bond acceptors (Lipinski definition) is 3. The first-order valence-corrected chi connectivity index (χ1v) is 6.50. The van der Waals surface area contributed by atoms with Crippen LogP contribution in [-0.4, -0.2) is 30.5 Å². The fourth-order valence-corrected chi connectivity index (χ4v) is 2.36. The lowest BCUT2D eigenvalue weighted by atomic mass is 9.94. The van der Waals surface area contributed by atoms with Gasteiger partial charge in [0.2, 0.25) is 0 Å². The lowest BCUT2D eigenvalue weighted by Crippen LogP contribution is -2.20. The highest BCUT2D eigenvalue weighted by atomic mass is 16.5. The Bertz CT molecular complexity index is 507. The molecule has 0 radical (unpaired) electrons. The van der Waals surface area contributed by atoms with Crippen LogP contribution in [0, 0.1) is 0 Å². The smallest absolute Gasteiger partial charge is 0.159 e. The van der Waals surface area contributed by atoms with E-state index in [1.807, 2.05) is 24.8 Å². The number of hydrogen-bond donors (Lipinski definition) is 1. The number of aromatic nitrogens is 2. The molecule has 0 fully saturated rings. The molecule has 1 aromatic carbocycles. The van der Waals surface area contributed by atoms with Crippen LogP contribution in [0.15, 0.2) is 36.5 Å². The molecule has 1 N–H and O–H groups in total. The molecule has 0 amide bonds. The minimum Gasteiger partial charge on any atom is -0.493 e. The molecule has 0 saturated heterocycles. The van der Waals surface area contributed by atoms with Crippen molar-refractivity contribution < 1.29 is 4.74 Å². The van der Waals surface area contributed by atoms with E-state index in [1.165, 1.54) is 5.56 Å². The Kier molecular flexibility index (Phi) is 4.58. The normalized spacial score (nSPS) is 12.4. The molecule has 1 heterocycles. The van der Waals surface area contributed by atoms with E-state index in [0.29, 0.717) is 5.92 Å². The SMILES string of the molecule is CNCC(Cc1c(OC)cnn1C)c1ccccc1. The van der Waals surface area contributed by atoms with Gasteiger partial charge in [0, 0.05) is 25.9 Å². The number of ether oxygens (including phenoxy) is 1. The average molecular weight is 259 g/mol. The standard InChI is InChI=1S/C15H21N3O/c1-16-10-13(12-7-5-4-6-8-12)9-14-15(19-3)11-17-18(14)2/h4-8,11,13,16H,9-10H2,1-3H3. The van der Waals surface area contributed by atoms with Gasteiger partial charge in [-0.15, -0.1) is 0 Å². The second kappa shape index (κ2) is 6.38. The average Bonchev–Trinajstić information content (AvgIpc) is 2.80. The minimum absolute atomic E-state index is 0.412. The predicted octanol–water partition coefficient (Wildman–Crippen LogP) is 1.97. The first-order valence-electron chi connectivity index (χ1n) is 6.50. The second-order valence-corrected chi connectivity index (χ2v) is 4.65. The summed E-state index contributed by atoms with van der Waals surface area (Å²) in [6, 6.07) is 10.6. The van der Waals surface area contributed by atoms with Gasteiger partial charge in [-0.3, -0.25) is 4.68 Å².